The first kappa shape index (κ1) is 8.13. The highest BCUT2D eigenvalue weighted by atomic mass is 16.1. The van der Waals surface area contributed by atoms with Crippen LogP contribution in [0.5, 0.6) is 0 Å². The first-order valence-corrected chi connectivity index (χ1v) is 4.20. The highest BCUT2D eigenvalue weighted by Gasteiger charge is 2.18. The number of nitrogens with two attached hydrogens (primary N) is 1. The molecule has 3 nitrogen and oxygen atoms in total. The monoisotopic (exact) mass is 174 g/mol. The van der Waals surface area contributed by atoms with Crippen molar-refractivity contribution >= 4 is 11.4 Å². The third-order valence-electron chi connectivity index (χ3n) is 2.17. The Hall–Kier alpha value is -1.48. The van der Waals surface area contributed by atoms with E-state index < -0.39 is 0 Å². The van der Waals surface area contributed by atoms with E-state index in [9.17, 15) is 4.79 Å². The van der Waals surface area contributed by atoms with Crippen LogP contribution in [0.25, 0.3) is 5.57 Å². The fraction of sp³-hybridized carbons (Fsp3) is 0.200. The minimum Gasteiger partial charge on any atom is -0.324 e. The normalized spacial score (nSPS) is 13.8. The smallest absolute Gasteiger partial charge is 0.176 e. The van der Waals surface area contributed by atoms with E-state index in [-0.39, 0.29) is 12.3 Å². The number of fused-ring (bicyclic) bond motifs is 1. The van der Waals surface area contributed by atoms with Gasteiger partial charge in [-0.25, -0.2) is 0 Å². The van der Waals surface area contributed by atoms with Gasteiger partial charge in [0.1, 0.15) is 0 Å². The number of carbonyl (C=O) groups is 1. The first-order valence-electron chi connectivity index (χ1n) is 4.20. The summed E-state index contributed by atoms with van der Waals surface area (Å²) in [4.78, 5) is 15.5. The summed E-state index contributed by atoms with van der Waals surface area (Å²) < 4.78 is 0. The minimum atomic E-state index is -0.00764. The van der Waals surface area contributed by atoms with E-state index in [4.69, 9.17) is 5.73 Å². The van der Waals surface area contributed by atoms with Gasteiger partial charge in [0.15, 0.2) is 5.78 Å². The van der Waals surface area contributed by atoms with Crippen molar-refractivity contribution in [3.8, 4) is 0 Å². The predicted molar refractivity (Wildman–Crippen MR) is 50.0 cm³/mol. The second-order valence-electron chi connectivity index (χ2n) is 2.95. The lowest BCUT2D eigenvalue weighted by Gasteiger charge is -2.01. The highest BCUT2D eigenvalue weighted by molar-refractivity contribution is 6.22. The van der Waals surface area contributed by atoms with Crippen molar-refractivity contribution in [2.24, 2.45) is 5.73 Å². The average molecular weight is 174 g/mol. The van der Waals surface area contributed by atoms with Crippen molar-refractivity contribution in [3.05, 3.63) is 35.7 Å². The van der Waals surface area contributed by atoms with Gasteiger partial charge in [-0.15, -0.1) is 0 Å². The van der Waals surface area contributed by atoms with Gasteiger partial charge < -0.3 is 5.73 Å². The van der Waals surface area contributed by atoms with Crippen LogP contribution in [0.1, 0.15) is 11.3 Å². The van der Waals surface area contributed by atoms with Gasteiger partial charge in [0.2, 0.25) is 0 Å². The van der Waals surface area contributed by atoms with Crippen molar-refractivity contribution in [2.45, 2.75) is 6.42 Å². The molecule has 0 aromatic carbocycles. The van der Waals surface area contributed by atoms with Crippen molar-refractivity contribution < 1.29 is 4.79 Å². The van der Waals surface area contributed by atoms with Gasteiger partial charge in [-0.2, -0.15) is 0 Å². The van der Waals surface area contributed by atoms with Crippen molar-refractivity contribution in [2.75, 3.05) is 6.54 Å². The van der Waals surface area contributed by atoms with E-state index in [0.29, 0.717) is 0 Å². The number of ketones is 1. The molecule has 0 radical (unpaired) electrons. The Bertz CT molecular complexity index is 382. The molecule has 0 amide bonds. The van der Waals surface area contributed by atoms with Crippen LogP contribution in [0.15, 0.2) is 24.4 Å². The van der Waals surface area contributed by atoms with Gasteiger partial charge >= 0.3 is 0 Å². The second kappa shape index (κ2) is 3.11. The van der Waals surface area contributed by atoms with E-state index in [2.05, 4.69) is 4.98 Å². The molecule has 3 heteroatoms. The fourth-order valence-corrected chi connectivity index (χ4v) is 1.53. The molecule has 2 N–H and O–H groups in total. The van der Waals surface area contributed by atoms with E-state index in [1.807, 2.05) is 18.2 Å². The Balaban J connectivity index is 2.41. The third-order valence-corrected chi connectivity index (χ3v) is 2.17. The van der Waals surface area contributed by atoms with Crippen LogP contribution in [0.4, 0.5) is 0 Å². The van der Waals surface area contributed by atoms with Gasteiger partial charge in [-0.05, 0) is 6.07 Å². The molecule has 0 fully saturated rings. The number of allylic oxidation sites excluding steroid dienone is 1. The van der Waals surface area contributed by atoms with Crippen LogP contribution in [0.3, 0.4) is 0 Å². The Labute approximate surface area is 76.3 Å². The molecule has 0 aliphatic heterocycles. The standard InChI is InChI=1S/C10H10N2O/c11-6-10(13)8-3-4-9-7(8)2-1-5-12-9/h1-3,5H,4,6,11H2. The van der Waals surface area contributed by atoms with Gasteiger partial charge in [-0.3, -0.25) is 9.78 Å². The first-order chi connectivity index (χ1) is 6.33. The van der Waals surface area contributed by atoms with Crippen molar-refractivity contribution in [1.29, 1.82) is 0 Å². The van der Waals surface area contributed by atoms with Gasteiger partial charge in [0.25, 0.3) is 0 Å². The maximum absolute atomic E-state index is 11.4. The molecule has 2 rings (SSSR count). The lowest BCUT2D eigenvalue weighted by atomic mass is 10.1. The Kier molecular flexibility index (Phi) is 1.94. The Morgan fingerprint density at radius 2 is 2.46 bits per heavy atom. The predicted octanol–water partition coefficient (Wildman–Crippen LogP) is 0.549. The number of hydrogen-bond acceptors (Lipinski definition) is 3. The number of nitrogens with zero attached hydrogens (tertiary/aromatic N) is 1. The molecule has 0 bridgehead atoms. The van der Waals surface area contributed by atoms with Gasteiger partial charge in [0, 0.05) is 23.8 Å². The number of hydrogen-bond donors (Lipinski definition) is 1. The molecule has 0 atom stereocenters. The quantitative estimate of drug-likeness (QED) is 0.712. The summed E-state index contributed by atoms with van der Waals surface area (Å²) >= 11 is 0. The van der Waals surface area contributed by atoms with E-state index in [1.165, 1.54) is 0 Å². The van der Waals surface area contributed by atoms with E-state index in [1.54, 1.807) is 6.20 Å². The van der Waals surface area contributed by atoms with Gasteiger partial charge in [-0.1, -0.05) is 12.1 Å². The third kappa shape index (κ3) is 1.27. The molecule has 0 saturated carbocycles. The Morgan fingerprint density at radius 3 is 3.23 bits per heavy atom. The number of aromatic nitrogens is 1. The largest absolute Gasteiger partial charge is 0.324 e. The van der Waals surface area contributed by atoms with Crippen LogP contribution in [0, 0.1) is 0 Å². The summed E-state index contributed by atoms with van der Waals surface area (Å²) in [6.07, 6.45) is 4.38. The molecule has 1 aromatic heterocycles. The molecule has 1 aromatic rings. The molecule has 0 saturated heterocycles. The summed E-state index contributed by atoms with van der Waals surface area (Å²) in [6.45, 7) is 0.0696. The number of pyridine rings is 1. The maximum atomic E-state index is 11.4. The number of Topliss-reactive ketones (excluding diaryl/α,β-unsaturated/α-hetero) is 1. The summed E-state index contributed by atoms with van der Waals surface area (Å²) in [7, 11) is 0. The summed E-state index contributed by atoms with van der Waals surface area (Å²) in [5.74, 6) is -0.00764. The number of carbonyl (C=O) groups excluding carboxylic acids is 1. The lowest BCUT2D eigenvalue weighted by molar-refractivity contribution is -0.112. The van der Waals surface area contributed by atoms with E-state index >= 15 is 0 Å². The minimum absolute atomic E-state index is 0.00764. The highest BCUT2D eigenvalue weighted by Crippen LogP contribution is 2.25. The zero-order chi connectivity index (χ0) is 9.26. The summed E-state index contributed by atoms with van der Waals surface area (Å²) in [6, 6.07) is 3.75. The molecule has 0 spiro atoms. The summed E-state index contributed by atoms with van der Waals surface area (Å²) in [5.41, 5.74) is 7.94. The summed E-state index contributed by atoms with van der Waals surface area (Å²) in [5, 5.41) is 0. The molecule has 1 aliphatic carbocycles. The van der Waals surface area contributed by atoms with Crippen LogP contribution < -0.4 is 5.73 Å². The molecular formula is C10H10N2O. The SMILES string of the molecule is NCC(=O)C1=CCc2ncccc21. The molecule has 0 unspecified atom stereocenters. The molecular weight excluding hydrogens is 164 g/mol. The van der Waals surface area contributed by atoms with Crippen molar-refractivity contribution in [1.82, 2.24) is 4.98 Å². The maximum Gasteiger partial charge on any atom is 0.176 e. The molecule has 66 valence electrons. The fourth-order valence-electron chi connectivity index (χ4n) is 1.53. The molecule has 1 heterocycles. The topological polar surface area (TPSA) is 56.0 Å². The molecule has 1 aliphatic rings. The number of rotatable bonds is 2. The van der Waals surface area contributed by atoms with Crippen LogP contribution in [-0.4, -0.2) is 17.3 Å². The van der Waals surface area contributed by atoms with Gasteiger partial charge in [0.05, 0.1) is 12.2 Å². The molecule has 13 heavy (non-hydrogen) atoms. The Morgan fingerprint density at radius 1 is 1.62 bits per heavy atom. The van der Waals surface area contributed by atoms with Crippen LogP contribution in [0.2, 0.25) is 0 Å². The zero-order valence-electron chi connectivity index (χ0n) is 7.16. The second-order valence-corrected chi connectivity index (χ2v) is 2.95. The van der Waals surface area contributed by atoms with Crippen molar-refractivity contribution in [3.63, 3.8) is 0 Å². The lowest BCUT2D eigenvalue weighted by Crippen LogP contribution is -2.14. The van der Waals surface area contributed by atoms with E-state index in [0.717, 1.165) is 23.3 Å². The average Bonchev–Trinajstić information content (AvgIpc) is 2.60. The van der Waals surface area contributed by atoms with Crippen LogP contribution >= 0.6 is 0 Å². The zero-order valence-corrected chi connectivity index (χ0v) is 7.16. The van der Waals surface area contributed by atoms with Crippen LogP contribution in [-0.2, 0) is 11.2 Å².